The standard InChI is InChI=1S/C48H32N3S/c1-2-12-30(13-3-1)31-22-24-32(25-23-31)45-37-16-6-9-19-40(37)49-48(50-45)33-26-28-34(29-27-33)51-41-20-10-7-17-38(41)44-46(51)36-15-5-4-14-35(36)43-39-18-8-11-21-42(39)52-47(43)44/h1-20,22-29,42,45H,21H2/q-1. The Morgan fingerprint density at radius 2 is 1.33 bits per heavy atom. The summed E-state index contributed by atoms with van der Waals surface area (Å²) in [5.41, 5.74) is 13.2. The van der Waals surface area contributed by atoms with Gasteiger partial charge in [0.2, 0.25) is 0 Å². The third kappa shape index (κ3) is 4.51. The zero-order valence-corrected chi connectivity index (χ0v) is 29.1. The largest absolute Gasteiger partial charge is 0.453 e. The number of amidine groups is 1. The number of nitrogens with zero attached hydrogens (tertiary/aromatic N) is 3. The van der Waals surface area contributed by atoms with Crippen LogP contribution in [0, 0.1) is 0 Å². The molecule has 0 saturated carbocycles. The maximum absolute atomic E-state index is 5.30. The van der Waals surface area contributed by atoms with E-state index in [1.165, 1.54) is 59.7 Å². The molecule has 1 aliphatic carbocycles. The molecule has 52 heavy (non-hydrogen) atoms. The molecule has 2 aliphatic heterocycles. The van der Waals surface area contributed by atoms with Crippen LogP contribution in [0.3, 0.4) is 0 Å². The summed E-state index contributed by atoms with van der Waals surface area (Å²) in [5.74, 6) is 0.758. The molecule has 1 aromatic heterocycles. The molecular formula is C48H32N3S-. The SMILES string of the molecule is C1=CCC2Sc3c(c4ccccc4c4c3c3ccccc3n4-c3ccc(C4=Nc5ccccc5C(c5ccc(-c6ccccc6)cc5)[N-]4)cc3)C2=C1. The summed E-state index contributed by atoms with van der Waals surface area (Å²) >= 11 is 2.04. The van der Waals surface area contributed by atoms with Crippen LogP contribution in [-0.4, -0.2) is 15.7 Å². The highest BCUT2D eigenvalue weighted by molar-refractivity contribution is 8.01. The molecule has 8 aromatic rings. The molecule has 0 saturated heterocycles. The second kappa shape index (κ2) is 11.7. The Hall–Kier alpha value is -6.10. The van der Waals surface area contributed by atoms with Gasteiger partial charge < -0.3 is 14.9 Å². The van der Waals surface area contributed by atoms with Crippen molar-refractivity contribution in [2.45, 2.75) is 22.6 Å². The summed E-state index contributed by atoms with van der Waals surface area (Å²) in [6.45, 7) is 0. The quantitative estimate of drug-likeness (QED) is 0.182. The van der Waals surface area contributed by atoms with E-state index in [-0.39, 0.29) is 6.04 Å². The highest BCUT2D eigenvalue weighted by atomic mass is 32.2. The van der Waals surface area contributed by atoms with Crippen molar-refractivity contribution in [3.05, 3.63) is 197 Å². The number of allylic oxidation sites excluding steroid dienone is 3. The minimum Gasteiger partial charge on any atom is -0.453 e. The van der Waals surface area contributed by atoms with Crippen LogP contribution in [0.4, 0.5) is 5.69 Å². The molecule has 0 bridgehead atoms. The van der Waals surface area contributed by atoms with Gasteiger partial charge in [-0.2, -0.15) is 0 Å². The molecule has 0 fully saturated rings. The van der Waals surface area contributed by atoms with Crippen molar-refractivity contribution in [2.75, 3.05) is 0 Å². The molecular weight excluding hydrogens is 651 g/mol. The fourth-order valence-corrected chi connectivity index (χ4v) is 9.94. The molecule has 246 valence electrons. The Morgan fingerprint density at radius 3 is 2.17 bits per heavy atom. The maximum Gasteiger partial charge on any atom is 0.0631 e. The van der Waals surface area contributed by atoms with Gasteiger partial charge in [-0.1, -0.05) is 158 Å². The average molecular weight is 683 g/mol. The third-order valence-electron chi connectivity index (χ3n) is 10.9. The summed E-state index contributed by atoms with van der Waals surface area (Å²) in [5, 5.41) is 11.0. The summed E-state index contributed by atoms with van der Waals surface area (Å²) in [6, 6.07) is 54.4. The van der Waals surface area contributed by atoms with E-state index in [4.69, 9.17) is 10.3 Å². The summed E-state index contributed by atoms with van der Waals surface area (Å²) in [6.07, 6.45) is 7.95. The monoisotopic (exact) mass is 682 g/mol. The van der Waals surface area contributed by atoms with Gasteiger partial charge in [-0.15, -0.1) is 11.8 Å². The second-order valence-corrected chi connectivity index (χ2v) is 15.0. The summed E-state index contributed by atoms with van der Waals surface area (Å²) < 4.78 is 2.47. The van der Waals surface area contributed by atoms with Gasteiger partial charge in [-0.05, 0) is 69.1 Å². The molecule has 11 rings (SSSR count). The fraction of sp³-hybridized carbons (Fsp3) is 0.0625. The van der Waals surface area contributed by atoms with Crippen LogP contribution in [0.25, 0.3) is 60.3 Å². The predicted molar refractivity (Wildman–Crippen MR) is 219 cm³/mol. The van der Waals surface area contributed by atoms with Crippen molar-refractivity contribution < 1.29 is 0 Å². The number of aromatic nitrogens is 1. The van der Waals surface area contributed by atoms with Gasteiger partial charge in [-0.25, -0.2) is 0 Å². The second-order valence-electron chi connectivity index (χ2n) is 13.8. The van der Waals surface area contributed by atoms with Crippen molar-refractivity contribution in [3.63, 3.8) is 0 Å². The molecule has 2 atom stereocenters. The van der Waals surface area contributed by atoms with E-state index in [9.17, 15) is 0 Å². The van der Waals surface area contributed by atoms with Gasteiger partial charge >= 0.3 is 0 Å². The number of rotatable bonds is 4. The summed E-state index contributed by atoms with van der Waals surface area (Å²) in [4.78, 5) is 6.51. The summed E-state index contributed by atoms with van der Waals surface area (Å²) in [7, 11) is 0. The first-order valence-corrected chi connectivity index (χ1v) is 18.8. The number of aliphatic imine (C=N–C) groups is 1. The van der Waals surface area contributed by atoms with Crippen LogP contribution in [-0.2, 0) is 0 Å². The molecule has 0 amide bonds. The lowest BCUT2D eigenvalue weighted by Crippen LogP contribution is -2.12. The molecule has 3 aliphatic rings. The van der Waals surface area contributed by atoms with Crippen LogP contribution in [0.1, 0.15) is 34.7 Å². The van der Waals surface area contributed by atoms with E-state index >= 15 is 0 Å². The van der Waals surface area contributed by atoms with Crippen molar-refractivity contribution in [1.82, 2.24) is 4.57 Å². The van der Waals surface area contributed by atoms with E-state index in [2.05, 4.69) is 174 Å². The van der Waals surface area contributed by atoms with Gasteiger partial charge in [0.1, 0.15) is 0 Å². The third-order valence-corrected chi connectivity index (χ3v) is 12.2. The molecule has 2 unspecified atom stereocenters. The zero-order valence-electron chi connectivity index (χ0n) is 28.3. The Kier molecular flexibility index (Phi) is 6.68. The van der Waals surface area contributed by atoms with E-state index < -0.39 is 0 Å². The Bertz CT molecular complexity index is 2810. The van der Waals surface area contributed by atoms with Crippen LogP contribution in [0.2, 0.25) is 0 Å². The highest BCUT2D eigenvalue weighted by Crippen LogP contribution is 2.56. The molecule has 0 radical (unpaired) electrons. The highest BCUT2D eigenvalue weighted by Gasteiger charge is 2.33. The number of hydrogen-bond acceptors (Lipinski definition) is 2. The fourth-order valence-electron chi connectivity index (χ4n) is 8.46. The van der Waals surface area contributed by atoms with E-state index in [1.54, 1.807) is 0 Å². The van der Waals surface area contributed by atoms with Crippen LogP contribution in [0.5, 0.6) is 0 Å². The zero-order chi connectivity index (χ0) is 34.2. The lowest BCUT2D eigenvalue weighted by atomic mass is 9.91. The van der Waals surface area contributed by atoms with Crippen molar-refractivity contribution in [1.29, 1.82) is 0 Å². The van der Waals surface area contributed by atoms with Crippen LogP contribution >= 0.6 is 11.8 Å². The van der Waals surface area contributed by atoms with Gasteiger partial charge in [0.25, 0.3) is 0 Å². The van der Waals surface area contributed by atoms with Gasteiger partial charge in [0, 0.05) is 43.6 Å². The number of hydrogen-bond donors (Lipinski definition) is 0. The molecule has 7 aromatic carbocycles. The average Bonchev–Trinajstić information content (AvgIpc) is 3.78. The smallest absolute Gasteiger partial charge is 0.0631 e. The van der Waals surface area contributed by atoms with Gasteiger partial charge in [0.05, 0.1) is 11.0 Å². The van der Waals surface area contributed by atoms with E-state index in [1.807, 2.05) is 11.8 Å². The lowest BCUT2D eigenvalue weighted by Gasteiger charge is -2.36. The van der Waals surface area contributed by atoms with E-state index in [0.717, 1.165) is 40.3 Å². The number of fused-ring (bicyclic) bond motifs is 11. The van der Waals surface area contributed by atoms with Gasteiger partial charge in [0.15, 0.2) is 0 Å². The first kappa shape index (κ1) is 29.6. The maximum atomic E-state index is 5.30. The first-order valence-electron chi connectivity index (χ1n) is 18.0. The molecule has 0 spiro atoms. The van der Waals surface area contributed by atoms with Crippen LogP contribution < -0.4 is 0 Å². The molecule has 4 heteroatoms. The molecule has 3 nitrogen and oxygen atoms in total. The van der Waals surface area contributed by atoms with Crippen molar-refractivity contribution >= 4 is 61.4 Å². The minimum absolute atomic E-state index is 0.134. The Labute approximate surface area is 306 Å². The number of para-hydroxylation sites is 2. The van der Waals surface area contributed by atoms with E-state index in [0.29, 0.717) is 5.25 Å². The normalized spacial score (nSPS) is 17.4. The molecule has 3 heterocycles. The van der Waals surface area contributed by atoms with Gasteiger partial charge in [-0.3, -0.25) is 0 Å². The van der Waals surface area contributed by atoms with Crippen molar-refractivity contribution in [3.8, 4) is 16.8 Å². The van der Waals surface area contributed by atoms with Crippen LogP contribution in [0.15, 0.2) is 180 Å². The lowest BCUT2D eigenvalue weighted by molar-refractivity contribution is 0.982. The van der Waals surface area contributed by atoms with Crippen molar-refractivity contribution in [2.24, 2.45) is 4.99 Å². The predicted octanol–water partition coefficient (Wildman–Crippen LogP) is 13.0. The number of benzene rings is 7. The first-order chi connectivity index (χ1) is 25.8. The topological polar surface area (TPSA) is 31.4 Å². The Balaban J connectivity index is 1.02. The minimum atomic E-state index is -0.134. The molecule has 0 N–H and O–H groups in total. The Morgan fingerprint density at radius 1 is 0.635 bits per heavy atom. The number of thioether (sulfide) groups is 1.